The third-order valence-electron chi connectivity index (χ3n) is 3.41. The molecular formula is C13H18ClN3O. The zero-order chi connectivity index (χ0) is 13.1. The Bertz CT molecular complexity index is 450. The highest BCUT2D eigenvalue weighted by Crippen LogP contribution is 2.25. The summed E-state index contributed by atoms with van der Waals surface area (Å²) in [6.45, 7) is 0. The van der Waals surface area contributed by atoms with E-state index in [4.69, 9.17) is 23.1 Å². The van der Waals surface area contributed by atoms with Crippen molar-refractivity contribution in [3.05, 3.63) is 28.8 Å². The van der Waals surface area contributed by atoms with E-state index < -0.39 is 5.91 Å². The molecular weight excluding hydrogens is 250 g/mol. The monoisotopic (exact) mass is 267 g/mol. The van der Waals surface area contributed by atoms with Crippen LogP contribution in [0.3, 0.4) is 0 Å². The molecule has 2 unspecified atom stereocenters. The van der Waals surface area contributed by atoms with Crippen LogP contribution < -0.4 is 16.8 Å². The fourth-order valence-corrected chi connectivity index (χ4v) is 2.56. The molecule has 1 aromatic carbocycles. The van der Waals surface area contributed by atoms with Crippen LogP contribution in [0, 0.1) is 0 Å². The van der Waals surface area contributed by atoms with Gasteiger partial charge in [-0.15, -0.1) is 0 Å². The van der Waals surface area contributed by atoms with Gasteiger partial charge < -0.3 is 16.8 Å². The first kappa shape index (κ1) is 13.2. The number of rotatable bonds is 3. The minimum atomic E-state index is -0.482. The van der Waals surface area contributed by atoms with Crippen molar-refractivity contribution in [2.24, 2.45) is 11.5 Å². The maximum Gasteiger partial charge on any atom is 0.250 e. The van der Waals surface area contributed by atoms with E-state index in [1.165, 1.54) is 6.42 Å². The summed E-state index contributed by atoms with van der Waals surface area (Å²) in [4.78, 5) is 11.4. The summed E-state index contributed by atoms with van der Waals surface area (Å²) in [5, 5.41) is 3.83. The van der Waals surface area contributed by atoms with Gasteiger partial charge in [0.05, 0.1) is 5.56 Å². The minimum absolute atomic E-state index is 0.121. The van der Waals surface area contributed by atoms with E-state index in [2.05, 4.69) is 5.32 Å². The Balaban J connectivity index is 2.20. The van der Waals surface area contributed by atoms with Crippen LogP contribution in [0.4, 0.5) is 5.69 Å². The Kier molecular flexibility index (Phi) is 4.09. The predicted molar refractivity (Wildman–Crippen MR) is 73.8 cm³/mol. The average Bonchev–Trinajstić information content (AvgIpc) is 2.34. The molecule has 1 aliphatic rings. The second-order valence-electron chi connectivity index (χ2n) is 4.75. The smallest absolute Gasteiger partial charge is 0.250 e. The van der Waals surface area contributed by atoms with E-state index in [1.54, 1.807) is 18.2 Å². The number of anilines is 1. The topological polar surface area (TPSA) is 81.1 Å². The van der Waals surface area contributed by atoms with Gasteiger partial charge in [-0.05, 0) is 31.0 Å². The highest BCUT2D eigenvalue weighted by Gasteiger charge is 2.22. The van der Waals surface area contributed by atoms with Crippen molar-refractivity contribution in [1.29, 1.82) is 0 Å². The predicted octanol–water partition coefficient (Wildman–Crippen LogP) is 2.12. The largest absolute Gasteiger partial charge is 0.380 e. The van der Waals surface area contributed by atoms with E-state index in [0.29, 0.717) is 16.3 Å². The lowest BCUT2D eigenvalue weighted by atomic mass is 9.90. The molecule has 0 radical (unpaired) electrons. The summed E-state index contributed by atoms with van der Waals surface area (Å²) in [5.74, 6) is -0.482. The summed E-state index contributed by atoms with van der Waals surface area (Å²) in [6.07, 6.45) is 4.35. The Labute approximate surface area is 112 Å². The first-order valence-corrected chi connectivity index (χ1v) is 6.57. The molecule has 1 saturated carbocycles. The number of benzene rings is 1. The van der Waals surface area contributed by atoms with Crippen LogP contribution in [0.2, 0.25) is 5.02 Å². The number of amides is 1. The van der Waals surface area contributed by atoms with Crippen LogP contribution in [0.25, 0.3) is 0 Å². The summed E-state index contributed by atoms with van der Waals surface area (Å²) >= 11 is 5.87. The lowest BCUT2D eigenvalue weighted by Gasteiger charge is -2.30. The van der Waals surface area contributed by atoms with Crippen LogP contribution in [-0.2, 0) is 0 Å². The van der Waals surface area contributed by atoms with Crippen LogP contribution in [0.1, 0.15) is 36.0 Å². The quantitative estimate of drug-likeness (QED) is 0.785. The fraction of sp³-hybridized carbons (Fsp3) is 0.462. The van der Waals surface area contributed by atoms with Gasteiger partial charge in [-0.3, -0.25) is 4.79 Å². The van der Waals surface area contributed by atoms with Crippen LogP contribution >= 0.6 is 11.6 Å². The third-order valence-corrected chi connectivity index (χ3v) is 3.64. The first-order valence-electron chi connectivity index (χ1n) is 6.19. The van der Waals surface area contributed by atoms with Crippen molar-refractivity contribution in [3.8, 4) is 0 Å². The number of carbonyl (C=O) groups excluding carboxylic acids is 1. The van der Waals surface area contributed by atoms with Crippen LogP contribution in [0.5, 0.6) is 0 Å². The lowest BCUT2D eigenvalue weighted by molar-refractivity contribution is 0.100. The molecule has 0 aromatic heterocycles. The van der Waals surface area contributed by atoms with E-state index >= 15 is 0 Å². The second kappa shape index (κ2) is 5.59. The molecule has 0 heterocycles. The number of hydrogen-bond donors (Lipinski definition) is 3. The molecule has 0 bridgehead atoms. The average molecular weight is 268 g/mol. The van der Waals surface area contributed by atoms with Gasteiger partial charge in [0.25, 0.3) is 5.91 Å². The number of halogens is 1. The molecule has 1 aliphatic carbocycles. The molecule has 0 aliphatic heterocycles. The van der Waals surface area contributed by atoms with Gasteiger partial charge in [0.15, 0.2) is 0 Å². The highest BCUT2D eigenvalue weighted by atomic mass is 35.5. The van der Waals surface area contributed by atoms with Gasteiger partial charge in [-0.25, -0.2) is 0 Å². The van der Waals surface area contributed by atoms with Crippen molar-refractivity contribution in [1.82, 2.24) is 0 Å². The fourth-order valence-electron chi connectivity index (χ4n) is 2.38. The maximum atomic E-state index is 11.4. The summed E-state index contributed by atoms with van der Waals surface area (Å²) in [7, 11) is 0. The van der Waals surface area contributed by atoms with Crippen molar-refractivity contribution in [2.45, 2.75) is 37.8 Å². The second-order valence-corrected chi connectivity index (χ2v) is 5.19. The third kappa shape index (κ3) is 2.94. The van der Waals surface area contributed by atoms with Gasteiger partial charge in [0.1, 0.15) is 0 Å². The van der Waals surface area contributed by atoms with E-state index in [9.17, 15) is 4.79 Å². The minimum Gasteiger partial charge on any atom is -0.380 e. The molecule has 2 atom stereocenters. The molecule has 5 heteroatoms. The maximum absolute atomic E-state index is 11.4. The van der Waals surface area contributed by atoms with E-state index in [-0.39, 0.29) is 12.1 Å². The van der Waals surface area contributed by atoms with Crippen molar-refractivity contribution < 1.29 is 4.79 Å². The SMILES string of the molecule is NC(=O)c1cc(Cl)ccc1NC1CCCCC1N. The number of nitrogens with two attached hydrogens (primary N) is 2. The zero-order valence-electron chi connectivity index (χ0n) is 10.2. The van der Waals surface area contributed by atoms with Gasteiger partial charge >= 0.3 is 0 Å². The number of hydrogen-bond acceptors (Lipinski definition) is 3. The van der Waals surface area contributed by atoms with E-state index in [0.717, 1.165) is 19.3 Å². The summed E-state index contributed by atoms with van der Waals surface area (Å²) in [6, 6.07) is 5.42. The van der Waals surface area contributed by atoms with Gasteiger partial charge in [0, 0.05) is 22.8 Å². The molecule has 2 rings (SSSR count). The van der Waals surface area contributed by atoms with Crippen LogP contribution in [0.15, 0.2) is 18.2 Å². The molecule has 1 amide bonds. The molecule has 98 valence electrons. The Morgan fingerprint density at radius 3 is 2.72 bits per heavy atom. The van der Waals surface area contributed by atoms with Crippen molar-refractivity contribution in [3.63, 3.8) is 0 Å². The normalized spacial score (nSPS) is 23.7. The first-order chi connectivity index (χ1) is 8.58. The van der Waals surface area contributed by atoms with Crippen molar-refractivity contribution in [2.75, 3.05) is 5.32 Å². The molecule has 18 heavy (non-hydrogen) atoms. The lowest BCUT2D eigenvalue weighted by Crippen LogP contribution is -2.42. The Morgan fingerprint density at radius 1 is 1.33 bits per heavy atom. The molecule has 1 fully saturated rings. The molecule has 0 saturated heterocycles. The Hall–Kier alpha value is -1.26. The van der Waals surface area contributed by atoms with Gasteiger partial charge in [0.2, 0.25) is 0 Å². The number of primary amides is 1. The molecule has 1 aromatic rings. The highest BCUT2D eigenvalue weighted by molar-refractivity contribution is 6.31. The standard InChI is InChI=1S/C13H18ClN3O/c14-8-5-6-11(9(7-8)13(16)18)17-12-4-2-1-3-10(12)15/h5-7,10,12,17H,1-4,15H2,(H2,16,18). The number of carbonyl (C=O) groups is 1. The molecule has 4 nitrogen and oxygen atoms in total. The Morgan fingerprint density at radius 2 is 2.06 bits per heavy atom. The number of nitrogens with one attached hydrogen (secondary N) is 1. The van der Waals surface area contributed by atoms with Crippen molar-refractivity contribution >= 4 is 23.2 Å². The molecule has 0 spiro atoms. The van der Waals surface area contributed by atoms with Gasteiger partial charge in [-0.2, -0.15) is 0 Å². The zero-order valence-corrected chi connectivity index (χ0v) is 10.9. The van der Waals surface area contributed by atoms with Crippen LogP contribution in [-0.4, -0.2) is 18.0 Å². The summed E-state index contributed by atoms with van der Waals surface area (Å²) < 4.78 is 0. The van der Waals surface area contributed by atoms with E-state index in [1.807, 2.05) is 0 Å². The van der Waals surface area contributed by atoms with Gasteiger partial charge in [-0.1, -0.05) is 24.4 Å². The summed E-state index contributed by atoms with van der Waals surface area (Å²) in [5.41, 5.74) is 12.6. The molecule has 5 N–H and O–H groups in total.